The molecule has 0 aromatic rings. The molecule has 0 heteroatoms. The second-order valence-electron chi connectivity index (χ2n) is 3.84. The molecule has 0 bridgehead atoms. The molecule has 1 unspecified atom stereocenters. The highest BCUT2D eigenvalue weighted by atomic mass is 14.2. The van der Waals surface area contributed by atoms with Crippen molar-refractivity contribution < 1.29 is 0 Å². The number of hydrogen-bond acceptors (Lipinski definition) is 0. The fourth-order valence-electron chi connectivity index (χ4n) is 1.99. The molecule has 1 fully saturated rings. The minimum Gasteiger partial charge on any atom is -0.0625 e. The van der Waals surface area contributed by atoms with Gasteiger partial charge in [0.1, 0.15) is 0 Å². The topological polar surface area (TPSA) is 0 Å². The second kappa shape index (κ2) is 4.00. The first kappa shape index (κ1) is 8.10. The molecule has 1 rings (SSSR count). The molecule has 0 nitrogen and oxygen atoms in total. The maximum Gasteiger partial charge on any atom is -0.0412 e. The van der Waals surface area contributed by atoms with Gasteiger partial charge >= 0.3 is 0 Å². The van der Waals surface area contributed by atoms with Crippen LogP contribution in [-0.4, -0.2) is 0 Å². The van der Waals surface area contributed by atoms with Crippen molar-refractivity contribution in [2.24, 2.45) is 11.8 Å². The molecular weight excluding hydrogens is 120 g/mol. The molecule has 0 spiro atoms. The van der Waals surface area contributed by atoms with Gasteiger partial charge in [-0.2, -0.15) is 0 Å². The first-order valence-corrected chi connectivity index (χ1v) is 4.62. The zero-order valence-electron chi connectivity index (χ0n) is 7.10. The summed E-state index contributed by atoms with van der Waals surface area (Å²) in [6.45, 7) is 6.26. The summed E-state index contributed by atoms with van der Waals surface area (Å²) in [6.07, 6.45) is 8.72. The average Bonchev–Trinajstić information content (AvgIpc) is 1.88. The van der Waals surface area contributed by atoms with Crippen LogP contribution in [0.5, 0.6) is 0 Å². The predicted molar refractivity (Wildman–Crippen MR) is 45.7 cm³/mol. The third kappa shape index (κ3) is 2.72. The summed E-state index contributed by atoms with van der Waals surface area (Å²) >= 11 is 0. The van der Waals surface area contributed by atoms with Crippen LogP contribution in [0.2, 0.25) is 0 Å². The van der Waals surface area contributed by atoms with E-state index in [1.54, 1.807) is 0 Å². The van der Waals surface area contributed by atoms with Crippen molar-refractivity contribution in [2.45, 2.75) is 45.4 Å². The minimum atomic E-state index is 0.670. The summed E-state index contributed by atoms with van der Waals surface area (Å²) in [5.41, 5.74) is 0. The SMILES string of the molecule is [CH2]C(C)CC1CCCCC1. The molecule has 1 aliphatic carbocycles. The van der Waals surface area contributed by atoms with Crippen LogP contribution in [0.4, 0.5) is 0 Å². The van der Waals surface area contributed by atoms with Gasteiger partial charge in [0.2, 0.25) is 0 Å². The summed E-state index contributed by atoms with van der Waals surface area (Å²) in [6, 6.07) is 0. The van der Waals surface area contributed by atoms with Crippen LogP contribution in [0.1, 0.15) is 45.4 Å². The van der Waals surface area contributed by atoms with Gasteiger partial charge in [-0.05, 0) is 18.3 Å². The monoisotopic (exact) mass is 139 g/mol. The Morgan fingerprint density at radius 1 is 1.30 bits per heavy atom. The van der Waals surface area contributed by atoms with E-state index < -0.39 is 0 Å². The van der Waals surface area contributed by atoms with Gasteiger partial charge in [0.05, 0.1) is 0 Å². The highest BCUT2D eigenvalue weighted by molar-refractivity contribution is 4.68. The molecule has 1 saturated carbocycles. The van der Waals surface area contributed by atoms with Gasteiger partial charge in [0, 0.05) is 0 Å². The van der Waals surface area contributed by atoms with E-state index in [1.807, 2.05) is 0 Å². The second-order valence-corrected chi connectivity index (χ2v) is 3.84. The Labute approximate surface area is 65.0 Å². The number of hydrogen-bond donors (Lipinski definition) is 0. The van der Waals surface area contributed by atoms with Crippen molar-refractivity contribution >= 4 is 0 Å². The highest BCUT2D eigenvalue weighted by Gasteiger charge is 2.13. The van der Waals surface area contributed by atoms with E-state index in [0.29, 0.717) is 5.92 Å². The summed E-state index contributed by atoms with van der Waals surface area (Å²) in [4.78, 5) is 0. The van der Waals surface area contributed by atoms with Gasteiger partial charge in [-0.15, -0.1) is 0 Å². The molecule has 0 aromatic heterocycles. The van der Waals surface area contributed by atoms with Gasteiger partial charge in [0.25, 0.3) is 0 Å². The van der Waals surface area contributed by atoms with Crippen molar-refractivity contribution in [3.05, 3.63) is 6.92 Å². The van der Waals surface area contributed by atoms with Crippen molar-refractivity contribution in [2.75, 3.05) is 0 Å². The fourth-order valence-corrected chi connectivity index (χ4v) is 1.99. The lowest BCUT2D eigenvalue weighted by atomic mass is 9.84. The van der Waals surface area contributed by atoms with Crippen molar-refractivity contribution in [3.8, 4) is 0 Å². The molecular formula is C10H19. The lowest BCUT2D eigenvalue weighted by Crippen LogP contribution is -2.08. The van der Waals surface area contributed by atoms with Gasteiger partial charge in [-0.3, -0.25) is 0 Å². The van der Waals surface area contributed by atoms with E-state index in [4.69, 9.17) is 0 Å². The van der Waals surface area contributed by atoms with Crippen molar-refractivity contribution in [3.63, 3.8) is 0 Å². The van der Waals surface area contributed by atoms with Gasteiger partial charge in [-0.1, -0.05) is 46.0 Å². The molecule has 1 atom stereocenters. The molecule has 0 amide bonds. The first-order valence-electron chi connectivity index (χ1n) is 4.62. The Bertz CT molecular complexity index is 78.0. The van der Waals surface area contributed by atoms with Gasteiger partial charge in [0.15, 0.2) is 0 Å². The quantitative estimate of drug-likeness (QED) is 0.550. The highest BCUT2D eigenvalue weighted by Crippen LogP contribution is 2.28. The summed E-state index contributed by atoms with van der Waals surface area (Å²) in [5.74, 6) is 1.68. The van der Waals surface area contributed by atoms with Crippen LogP contribution < -0.4 is 0 Å². The van der Waals surface area contributed by atoms with E-state index in [2.05, 4.69) is 13.8 Å². The van der Waals surface area contributed by atoms with E-state index in [0.717, 1.165) is 5.92 Å². The Morgan fingerprint density at radius 3 is 2.40 bits per heavy atom. The summed E-state index contributed by atoms with van der Waals surface area (Å²) in [5, 5.41) is 0. The normalized spacial score (nSPS) is 21.9. The summed E-state index contributed by atoms with van der Waals surface area (Å²) in [7, 11) is 0. The Hall–Kier alpha value is 0. The van der Waals surface area contributed by atoms with E-state index >= 15 is 0 Å². The molecule has 0 saturated heterocycles. The van der Waals surface area contributed by atoms with Crippen molar-refractivity contribution in [1.82, 2.24) is 0 Å². The summed E-state index contributed by atoms with van der Waals surface area (Å²) < 4.78 is 0. The van der Waals surface area contributed by atoms with E-state index in [1.165, 1.54) is 38.5 Å². The first-order chi connectivity index (χ1) is 4.79. The smallest absolute Gasteiger partial charge is 0.0412 e. The largest absolute Gasteiger partial charge is 0.0625 e. The van der Waals surface area contributed by atoms with Crippen LogP contribution in [0.25, 0.3) is 0 Å². The van der Waals surface area contributed by atoms with Gasteiger partial charge < -0.3 is 0 Å². The lowest BCUT2D eigenvalue weighted by Gasteiger charge is -2.22. The zero-order chi connectivity index (χ0) is 7.40. The Balaban J connectivity index is 2.13. The molecule has 1 aliphatic rings. The third-order valence-electron chi connectivity index (χ3n) is 2.46. The Morgan fingerprint density at radius 2 is 1.90 bits per heavy atom. The molecule has 0 heterocycles. The van der Waals surface area contributed by atoms with Crippen LogP contribution in [-0.2, 0) is 0 Å². The zero-order valence-corrected chi connectivity index (χ0v) is 7.10. The molecule has 10 heavy (non-hydrogen) atoms. The Kier molecular flexibility index (Phi) is 3.24. The van der Waals surface area contributed by atoms with Crippen LogP contribution in [0.15, 0.2) is 0 Å². The molecule has 59 valence electrons. The minimum absolute atomic E-state index is 0.670. The number of rotatable bonds is 2. The average molecular weight is 139 g/mol. The predicted octanol–water partition coefficient (Wildman–Crippen LogP) is 3.43. The standard InChI is InChI=1S/C10H19/c1-9(2)8-10-6-4-3-5-7-10/h9-10H,1,3-8H2,2H3. The van der Waals surface area contributed by atoms with Crippen LogP contribution in [0.3, 0.4) is 0 Å². The lowest BCUT2D eigenvalue weighted by molar-refractivity contribution is 0.314. The van der Waals surface area contributed by atoms with Crippen LogP contribution >= 0.6 is 0 Å². The van der Waals surface area contributed by atoms with E-state index in [9.17, 15) is 0 Å². The van der Waals surface area contributed by atoms with Gasteiger partial charge in [-0.25, -0.2) is 0 Å². The molecule has 0 N–H and O–H groups in total. The third-order valence-corrected chi connectivity index (χ3v) is 2.46. The molecule has 0 aliphatic heterocycles. The molecule has 1 radical (unpaired) electrons. The maximum atomic E-state index is 4.03. The molecule has 0 aromatic carbocycles. The van der Waals surface area contributed by atoms with E-state index in [-0.39, 0.29) is 0 Å². The maximum absolute atomic E-state index is 4.03. The van der Waals surface area contributed by atoms with Crippen LogP contribution in [0, 0.1) is 18.8 Å². The van der Waals surface area contributed by atoms with Crippen molar-refractivity contribution in [1.29, 1.82) is 0 Å². The fraction of sp³-hybridized carbons (Fsp3) is 0.900.